The Morgan fingerprint density at radius 3 is 2.94 bits per heavy atom. The van der Waals surface area contributed by atoms with Crippen LogP contribution >= 0.6 is 22.7 Å². The predicted molar refractivity (Wildman–Crippen MR) is 70.5 cm³/mol. The number of thiazole rings is 1. The summed E-state index contributed by atoms with van der Waals surface area (Å²) in [5.74, 6) is -1.06. The highest BCUT2D eigenvalue weighted by atomic mass is 32.1. The first-order chi connectivity index (χ1) is 8.20. The molecule has 17 heavy (non-hydrogen) atoms. The molecule has 90 valence electrons. The molecule has 0 aliphatic rings. The predicted octanol–water partition coefficient (Wildman–Crippen LogP) is 3.52. The Morgan fingerprint density at radius 1 is 1.53 bits per heavy atom. The van der Waals surface area contributed by atoms with Gasteiger partial charge in [0, 0.05) is 11.8 Å². The zero-order chi connectivity index (χ0) is 12.3. The van der Waals surface area contributed by atoms with Crippen LogP contribution in [0.5, 0.6) is 0 Å². The van der Waals surface area contributed by atoms with Crippen LogP contribution in [-0.4, -0.2) is 16.1 Å². The van der Waals surface area contributed by atoms with Crippen molar-refractivity contribution >= 4 is 28.6 Å². The number of aliphatic carboxylic acids is 1. The molecule has 2 heterocycles. The SMILES string of the molecule is CCC(Cc1nc(-c2cccs2)cs1)C(=O)O. The van der Waals surface area contributed by atoms with Crippen molar-refractivity contribution in [1.29, 1.82) is 0 Å². The molecule has 1 atom stereocenters. The molecule has 0 saturated heterocycles. The molecule has 0 fully saturated rings. The highest BCUT2D eigenvalue weighted by Crippen LogP contribution is 2.27. The Morgan fingerprint density at radius 2 is 2.35 bits per heavy atom. The fraction of sp³-hybridized carbons (Fsp3) is 0.333. The highest BCUT2D eigenvalue weighted by Gasteiger charge is 2.17. The van der Waals surface area contributed by atoms with Crippen LogP contribution < -0.4 is 0 Å². The van der Waals surface area contributed by atoms with Crippen LogP contribution in [0, 0.1) is 5.92 Å². The molecule has 0 spiro atoms. The maximum absolute atomic E-state index is 10.9. The number of aromatic nitrogens is 1. The van der Waals surface area contributed by atoms with Gasteiger partial charge in [0.15, 0.2) is 0 Å². The smallest absolute Gasteiger partial charge is 0.306 e. The summed E-state index contributed by atoms with van der Waals surface area (Å²) in [6.07, 6.45) is 1.17. The summed E-state index contributed by atoms with van der Waals surface area (Å²) >= 11 is 3.19. The van der Waals surface area contributed by atoms with Crippen LogP contribution in [0.2, 0.25) is 0 Å². The van der Waals surface area contributed by atoms with Crippen LogP contribution in [0.3, 0.4) is 0 Å². The first-order valence-electron chi connectivity index (χ1n) is 5.41. The molecule has 2 aromatic rings. The summed E-state index contributed by atoms with van der Waals surface area (Å²) in [6.45, 7) is 1.90. The van der Waals surface area contributed by atoms with Gasteiger partial charge in [-0.05, 0) is 17.9 Å². The monoisotopic (exact) mass is 267 g/mol. The average molecular weight is 267 g/mol. The summed E-state index contributed by atoms with van der Waals surface area (Å²) in [5.41, 5.74) is 0.959. The Hall–Kier alpha value is -1.20. The molecule has 5 heteroatoms. The summed E-state index contributed by atoms with van der Waals surface area (Å²) in [4.78, 5) is 16.6. The maximum Gasteiger partial charge on any atom is 0.306 e. The van der Waals surface area contributed by atoms with Gasteiger partial charge in [-0.3, -0.25) is 4.79 Å². The van der Waals surface area contributed by atoms with E-state index in [2.05, 4.69) is 4.98 Å². The van der Waals surface area contributed by atoms with E-state index in [0.29, 0.717) is 12.8 Å². The van der Waals surface area contributed by atoms with E-state index in [1.54, 1.807) is 22.7 Å². The molecule has 0 bridgehead atoms. The first-order valence-corrected chi connectivity index (χ1v) is 7.17. The van der Waals surface area contributed by atoms with Crippen LogP contribution in [0.1, 0.15) is 18.4 Å². The second-order valence-electron chi connectivity index (χ2n) is 3.75. The van der Waals surface area contributed by atoms with E-state index in [1.807, 2.05) is 29.8 Å². The molecular formula is C12H13NO2S2. The van der Waals surface area contributed by atoms with Gasteiger partial charge in [-0.15, -0.1) is 22.7 Å². The van der Waals surface area contributed by atoms with E-state index in [4.69, 9.17) is 5.11 Å². The van der Waals surface area contributed by atoms with E-state index >= 15 is 0 Å². The topological polar surface area (TPSA) is 50.2 Å². The number of carboxylic acid groups (broad SMARTS) is 1. The molecule has 2 aromatic heterocycles. The van der Waals surface area contributed by atoms with Crippen LogP contribution in [0.4, 0.5) is 0 Å². The summed E-state index contributed by atoms with van der Waals surface area (Å²) < 4.78 is 0. The van der Waals surface area contributed by atoms with Crippen molar-refractivity contribution in [2.24, 2.45) is 5.92 Å². The van der Waals surface area contributed by atoms with Gasteiger partial charge in [-0.2, -0.15) is 0 Å². The van der Waals surface area contributed by atoms with Gasteiger partial charge in [-0.25, -0.2) is 4.98 Å². The molecule has 0 amide bonds. The Balaban J connectivity index is 2.11. The average Bonchev–Trinajstić information content (AvgIpc) is 2.95. The lowest BCUT2D eigenvalue weighted by Crippen LogP contribution is -2.15. The van der Waals surface area contributed by atoms with Gasteiger partial charge < -0.3 is 5.11 Å². The number of carbonyl (C=O) groups is 1. The van der Waals surface area contributed by atoms with E-state index in [9.17, 15) is 4.79 Å². The lowest BCUT2D eigenvalue weighted by molar-refractivity contribution is -0.141. The molecule has 0 aliphatic carbocycles. The Kier molecular flexibility index (Phi) is 3.91. The lowest BCUT2D eigenvalue weighted by Gasteiger charge is -2.05. The second kappa shape index (κ2) is 5.42. The molecule has 1 N–H and O–H groups in total. The number of rotatable bonds is 5. The van der Waals surface area contributed by atoms with Crippen molar-refractivity contribution < 1.29 is 9.90 Å². The van der Waals surface area contributed by atoms with Crippen molar-refractivity contribution in [2.75, 3.05) is 0 Å². The minimum Gasteiger partial charge on any atom is -0.481 e. The van der Waals surface area contributed by atoms with E-state index in [1.165, 1.54) is 0 Å². The van der Waals surface area contributed by atoms with Crippen LogP contribution in [0.25, 0.3) is 10.6 Å². The van der Waals surface area contributed by atoms with Crippen molar-refractivity contribution in [2.45, 2.75) is 19.8 Å². The number of nitrogens with zero attached hydrogens (tertiary/aromatic N) is 1. The summed E-state index contributed by atoms with van der Waals surface area (Å²) in [5, 5.41) is 13.9. The standard InChI is InChI=1S/C12H13NO2S2/c1-2-8(12(14)15)6-11-13-9(7-17-11)10-4-3-5-16-10/h3-5,7-8H,2,6H2,1H3,(H,14,15). The quantitative estimate of drug-likeness (QED) is 0.901. The highest BCUT2D eigenvalue weighted by molar-refractivity contribution is 7.14. The fourth-order valence-corrected chi connectivity index (χ4v) is 3.20. The minimum atomic E-state index is -0.736. The zero-order valence-electron chi connectivity index (χ0n) is 9.42. The van der Waals surface area contributed by atoms with E-state index in [0.717, 1.165) is 15.6 Å². The molecule has 0 aliphatic heterocycles. The van der Waals surface area contributed by atoms with Gasteiger partial charge >= 0.3 is 5.97 Å². The largest absolute Gasteiger partial charge is 0.481 e. The third-order valence-corrected chi connectivity index (χ3v) is 4.35. The normalized spacial score (nSPS) is 12.5. The minimum absolute atomic E-state index is 0.322. The van der Waals surface area contributed by atoms with E-state index < -0.39 is 5.97 Å². The Bertz CT molecular complexity index is 490. The van der Waals surface area contributed by atoms with Crippen molar-refractivity contribution in [1.82, 2.24) is 4.98 Å². The molecular weight excluding hydrogens is 254 g/mol. The van der Waals surface area contributed by atoms with Gasteiger partial charge in [-0.1, -0.05) is 13.0 Å². The van der Waals surface area contributed by atoms with Gasteiger partial charge in [0.1, 0.15) is 0 Å². The molecule has 0 radical (unpaired) electrons. The number of thiophene rings is 1. The second-order valence-corrected chi connectivity index (χ2v) is 5.64. The van der Waals surface area contributed by atoms with Crippen LogP contribution in [-0.2, 0) is 11.2 Å². The molecule has 0 aromatic carbocycles. The summed E-state index contributed by atoms with van der Waals surface area (Å²) in [6, 6.07) is 4.02. The first kappa shape index (κ1) is 12.3. The number of hydrogen-bond acceptors (Lipinski definition) is 4. The molecule has 0 saturated carbocycles. The fourth-order valence-electron chi connectivity index (χ4n) is 1.56. The lowest BCUT2D eigenvalue weighted by atomic mass is 10.0. The molecule has 2 rings (SSSR count). The van der Waals surface area contributed by atoms with Crippen molar-refractivity contribution in [3.05, 3.63) is 27.9 Å². The Labute approximate surface area is 108 Å². The molecule has 1 unspecified atom stereocenters. The van der Waals surface area contributed by atoms with Crippen molar-refractivity contribution in [3.8, 4) is 10.6 Å². The number of carboxylic acids is 1. The van der Waals surface area contributed by atoms with Gasteiger partial charge in [0.25, 0.3) is 0 Å². The zero-order valence-corrected chi connectivity index (χ0v) is 11.1. The molecule has 3 nitrogen and oxygen atoms in total. The number of hydrogen-bond donors (Lipinski definition) is 1. The third kappa shape index (κ3) is 2.92. The third-order valence-electron chi connectivity index (χ3n) is 2.59. The maximum atomic E-state index is 10.9. The van der Waals surface area contributed by atoms with Gasteiger partial charge in [0.2, 0.25) is 0 Å². The van der Waals surface area contributed by atoms with Crippen molar-refractivity contribution in [3.63, 3.8) is 0 Å². The summed E-state index contributed by atoms with van der Waals surface area (Å²) in [7, 11) is 0. The van der Waals surface area contributed by atoms with Crippen LogP contribution in [0.15, 0.2) is 22.9 Å². The van der Waals surface area contributed by atoms with E-state index in [-0.39, 0.29) is 5.92 Å². The van der Waals surface area contributed by atoms with Gasteiger partial charge in [0.05, 0.1) is 21.5 Å².